The van der Waals surface area contributed by atoms with E-state index in [0.717, 1.165) is 23.5 Å². The molecular weight excluding hydrogens is 365 g/mol. The molecular formula is C18H17ClFNO5. The number of carbonyl (C=O) groups excluding carboxylic acids is 3. The van der Waals surface area contributed by atoms with Gasteiger partial charge in [0.05, 0.1) is 17.8 Å². The van der Waals surface area contributed by atoms with Gasteiger partial charge in [-0.2, -0.15) is 0 Å². The molecule has 1 aliphatic heterocycles. The van der Waals surface area contributed by atoms with Crippen LogP contribution in [0.25, 0.3) is 0 Å². The first-order valence-electron chi connectivity index (χ1n) is 8.13. The molecule has 8 heteroatoms. The number of methoxy groups -OCH3 is 1. The van der Waals surface area contributed by atoms with Gasteiger partial charge in [-0.3, -0.25) is 9.59 Å². The zero-order valence-electron chi connectivity index (χ0n) is 14.3. The molecule has 1 aromatic carbocycles. The number of imide groups is 1. The lowest BCUT2D eigenvalue weighted by atomic mass is 9.86. The summed E-state index contributed by atoms with van der Waals surface area (Å²) in [6.45, 7) is 1.57. The van der Waals surface area contributed by atoms with Crippen LogP contribution < -0.4 is 9.64 Å². The Labute approximate surface area is 154 Å². The Morgan fingerprint density at radius 3 is 2.69 bits per heavy atom. The SMILES string of the molecule is COC(=O)COc1cc(N2C(=O)C3=C(CC(C)CC3)C2=O)c(F)cc1Cl. The first-order valence-corrected chi connectivity index (χ1v) is 8.50. The Morgan fingerprint density at radius 1 is 1.31 bits per heavy atom. The number of ether oxygens (including phenoxy) is 2. The molecule has 0 fully saturated rings. The number of rotatable bonds is 4. The second-order valence-corrected chi connectivity index (χ2v) is 6.76. The fraction of sp³-hybridized carbons (Fsp3) is 0.389. The lowest BCUT2D eigenvalue weighted by Gasteiger charge is -2.18. The van der Waals surface area contributed by atoms with Gasteiger partial charge in [-0.1, -0.05) is 18.5 Å². The van der Waals surface area contributed by atoms with Gasteiger partial charge in [0, 0.05) is 17.2 Å². The molecule has 0 spiro atoms. The summed E-state index contributed by atoms with van der Waals surface area (Å²) in [5, 5.41) is -0.0828. The van der Waals surface area contributed by atoms with Crippen LogP contribution in [0.2, 0.25) is 5.02 Å². The van der Waals surface area contributed by atoms with Crippen molar-refractivity contribution in [3.05, 3.63) is 34.1 Å². The van der Waals surface area contributed by atoms with Crippen molar-refractivity contribution in [3.63, 3.8) is 0 Å². The van der Waals surface area contributed by atoms with Crippen molar-refractivity contribution < 1.29 is 28.2 Å². The molecule has 1 unspecified atom stereocenters. The zero-order valence-corrected chi connectivity index (χ0v) is 15.1. The van der Waals surface area contributed by atoms with Gasteiger partial charge in [-0.15, -0.1) is 0 Å². The zero-order chi connectivity index (χ0) is 19.0. The molecule has 0 radical (unpaired) electrons. The van der Waals surface area contributed by atoms with Gasteiger partial charge in [0.25, 0.3) is 11.8 Å². The molecule has 1 aliphatic carbocycles. The topological polar surface area (TPSA) is 72.9 Å². The van der Waals surface area contributed by atoms with E-state index in [0.29, 0.717) is 29.9 Å². The second-order valence-electron chi connectivity index (χ2n) is 6.35. The highest BCUT2D eigenvalue weighted by Crippen LogP contribution is 2.40. The van der Waals surface area contributed by atoms with Crippen LogP contribution >= 0.6 is 11.6 Å². The number of carbonyl (C=O) groups is 3. The maximum atomic E-state index is 14.5. The molecule has 0 saturated heterocycles. The molecule has 2 amide bonds. The van der Waals surface area contributed by atoms with Crippen molar-refractivity contribution in [2.45, 2.75) is 26.2 Å². The number of amides is 2. The van der Waals surface area contributed by atoms with Crippen molar-refractivity contribution >= 4 is 35.1 Å². The lowest BCUT2D eigenvalue weighted by Crippen LogP contribution is -2.32. The van der Waals surface area contributed by atoms with Crippen molar-refractivity contribution in [2.75, 3.05) is 18.6 Å². The van der Waals surface area contributed by atoms with Gasteiger partial charge in [0.2, 0.25) is 0 Å². The molecule has 3 rings (SSSR count). The molecule has 0 aromatic heterocycles. The number of hydrogen-bond acceptors (Lipinski definition) is 5. The minimum Gasteiger partial charge on any atom is -0.480 e. The van der Waals surface area contributed by atoms with E-state index in [4.69, 9.17) is 16.3 Å². The molecule has 2 aliphatic rings. The molecule has 1 atom stereocenters. The Kier molecular flexibility index (Phi) is 5.00. The normalized spacial score (nSPS) is 19.7. The average Bonchev–Trinajstić information content (AvgIpc) is 2.84. The van der Waals surface area contributed by atoms with E-state index in [1.165, 1.54) is 7.11 Å². The Hall–Kier alpha value is -2.41. The van der Waals surface area contributed by atoms with Crippen LogP contribution in [0.15, 0.2) is 23.3 Å². The second kappa shape index (κ2) is 7.07. The summed E-state index contributed by atoms with van der Waals surface area (Å²) >= 11 is 5.93. The smallest absolute Gasteiger partial charge is 0.343 e. The van der Waals surface area contributed by atoms with Crippen LogP contribution in [-0.4, -0.2) is 31.5 Å². The highest BCUT2D eigenvalue weighted by atomic mass is 35.5. The molecule has 0 saturated carbocycles. The molecule has 138 valence electrons. The van der Waals surface area contributed by atoms with E-state index in [1.54, 1.807) is 0 Å². The largest absolute Gasteiger partial charge is 0.480 e. The summed E-state index contributed by atoms with van der Waals surface area (Å²) in [4.78, 5) is 37.4. The third-order valence-electron chi connectivity index (χ3n) is 4.54. The first kappa shape index (κ1) is 18.4. The quantitative estimate of drug-likeness (QED) is 0.592. The molecule has 0 bridgehead atoms. The molecule has 6 nitrogen and oxygen atoms in total. The van der Waals surface area contributed by atoms with Crippen LogP contribution in [0.4, 0.5) is 10.1 Å². The van der Waals surface area contributed by atoms with Gasteiger partial charge in [0.1, 0.15) is 11.6 Å². The predicted molar refractivity (Wildman–Crippen MR) is 91.5 cm³/mol. The summed E-state index contributed by atoms with van der Waals surface area (Å²) in [6, 6.07) is 2.10. The van der Waals surface area contributed by atoms with Gasteiger partial charge < -0.3 is 9.47 Å². The van der Waals surface area contributed by atoms with Crippen molar-refractivity contribution in [3.8, 4) is 5.75 Å². The van der Waals surface area contributed by atoms with E-state index < -0.39 is 30.2 Å². The predicted octanol–water partition coefficient (Wildman–Crippen LogP) is 3.02. The van der Waals surface area contributed by atoms with Gasteiger partial charge in [0.15, 0.2) is 6.61 Å². The Morgan fingerprint density at radius 2 is 2.00 bits per heavy atom. The minimum atomic E-state index is -0.824. The molecule has 0 N–H and O–H groups in total. The minimum absolute atomic E-state index is 0.0210. The summed E-state index contributed by atoms with van der Waals surface area (Å²) in [5.74, 6) is -2.23. The van der Waals surface area contributed by atoms with Crippen molar-refractivity contribution in [1.82, 2.24) is 0 Å². The van der Waals surface area contributed by atoms with Crippen LogP contribution in [0.5, 0.6) is 5.75 Å². The van der Waals surface area contributed by atoms with Gasteiger partial charge in [-0.05, 0) is 31.2 Å². The molecule has 1 aromatic rings. The number of anilines is 1. The van der Waals surface area contributed by atoms with Crippen LogP contribution in [0.3, 0.4) is 0 Å². The summed E-state index contributed by atoms with van der Waals surface area (Å²) in [5.41, 5.74) is 0.644. The third kappa shape index (κ3) is 3.19. The monoisotopic (exact) mass is 381 g/mol. The summed E-state index contributed by atoms with van der Waals surface area (Å²) < 4.78 is 24.1. The number of esters is 1. The van der Waals surface area contributed by atoms with Crippen LogP contribution in [0, 0.1) is 11.7 Å². The van der Waals surface area contributed by atoms with Crippen LogP contribution in [-0.2, 0) is 19.1 Å². The van der Waals surface area contributed by atoms with Crippen molar-refractivity contribution in [1.29, 1.82) is 0 Å². The van der Waals surface area contributed by atoms with Gasteiger partial charge in [-0.25, -0.2) is 14.1 Å². The summed E-state index contributed by atoms with van der Waals surface area (Å²) in [6.07, 6.45) is 1.80. The fourth-order valence-electron chi connectivity index (χ4n) is 3.14. The highest BCUT2D eigenvalue weighted by molar-refractivity contribution is 6.34. The number of halogens is 2. The highest BCUT2D eigenvalue weighted by Gasteiger charge is 2.42. The number of hydrogen-bond donors (Lipinski definition) is 0. The number of benzene rings is 1. The van der Waals surface area contributed by atoms with E-state index in [-0.39, 0.29) is 16.5 Å². The maximum Gasteiger partial charge on any atom is 0.343 e. The lowest BCUT2D eigenvalue weighted by molar-refractivity contribution is -0.143. The van der Waals surface area contributed by atoms with E-state index in [9.17, 15) is 18.8 Å². The molecule has 26 heavy (non-hydrogen) atoms. The third-order valence-corrected chi connectivity index (χ3v) is 4.84. The van der Waals surface area contributed by atoms with Crippen LogP contribution in [0.1, 0.15) is 26.2 Å². The van der Waals surface area contributed by atoms with E-state index in [1.807, 2.05) is 6.92 Å². The summed E-state index contributed by atoms with van der Waals surface area (Å²) in [7, 11) is 1.20. The van der Waals surface area contributed by atoms with E-state index in [2.05, 4.69) is 4.74 Å². The number of nitrogens with zero attached hydrogens (tertiary/aromatic N) is 1. The average molecular weight is 382 g/mol. The standard InChI is InChI=1S/C18H17ClFNO5/c1-9-3-4-10-11(5-9)18(24)21(17(10)23)14-7-15(12(19)6-13(14)20)26-8-16(22)25-2/h6-7,9H,3-5,8H2,1-2H3. The Bertz CT molecular complexity index is 835. The first-order chi connectivity index (χ1) is 12.3. The molecule has 1 heterocycles. The van der Waals surface area contributed by atoms with E-state index >= 15 is 0 Å². The van der Waals surface area contributed by atoms with Crippen molar-refractivity contribution in [2.24, 2.45) is 5.92 Å². The fourth-order valence-corrected chi connectivity index (χ4v) is 3.35. The Balaban J connectivity index is 1.93. The maximum absolute atomic E-state index is 14.5. The van der Waals surface area contributed by atoms with Gasteiger partial charge >= 0.3 is 5.97 Å².